The molecule has 3 aromatic heterocycles. The van der Waals surface area contributed by atoms with Gasteiger partial charge in [-0.05, 0) is 36.8 Å². The number of unbranched alkanes of at least 4 members (excludes halogenated alkanes) is 2. The molecule has 0 aliphatic rings. The predicted molar refractivity (Wildman–Crippen MR) is 125 cm³/mol. The number of H-pyrrole nitrogens is 1. The van der Waals surface area contributed by atoms with Crippen molar-refractivity contribution in [2.45, 2.75) is 32.7 Å². The van der Waals surface area contributed by atoms with E-state index in [2.05, 4.69) is 20.9 Å². The number of aromatic nitrogens is 3. The molecule has 0 fully saturated rings. The van der Waals surface area contributed by atoms with Gasteiger partial charge < -0.3 is 9.40 Å². The van der Waals surface area contributed by atoms with E-state index in [1.54, 1.807) is 36.4 Å². The highest BCUT2D eigenvalue weighted by atomic mass is 16.3. The number of aryl methyl sites for hydroxylation is 1. The van der Waals surface area contributed by atoms with Gasteiger partial charge in [0.15, 0.2) is 5.69 Å². The van der Waals surface area contributed by atoms with Gasteiger partial charge in [-0.3, -0.25) is 30.0 Å². The first-order chi connectivity index (χ1) is 16.5. The second-order valence-electron chi connectivity index (χ2n) is 7.63. The third-order valence-electron chi connectivity index (χ3n) is 5.29. The molecule has 0 spiro atoms. The van der Waals surface area contributed by atoms with E-state index in [4.69, 9.17) is 4.42 Å². The maximum absolute atomic E-state index is 12.9. The third kappa shape index (κ3) is 4.65. The first kappa shape index (κ1) is 22.7. The molecule has 2 amide bonds. The summed E-state index contributed by atoms with van der Waals surface area (Å²) in [4.78, 5) is 53.1. The Labute approximate surface area is 193 Å². The average Bonchev–Trinajstić information content (AvgIpc) is 3.39. The Kier molecular flexibility index (Phi) is 6.67. The van der Waals surface area contributed by atoms with Crippen molar-refractivity contribution < 1.29 is 14.0 Å². The molecule has 0 saturated heterocycles. The van der Waals surface area contributed by atoms with Crippen LogP contribution in [0.2, 0.25) is 0 Å². The molecule has 174 valence electrons. The number of benzene rings is 1. The molecule has 0 aliphatic heterocycles. The zero-order valence-corrected chi connectivity index (χ0v) is 18.5. The van der Waals surface area contributed by atoms with Gasteiger partial charge in [-0.15, -0.1) is 0 Å². The fourth-order valence-electron chi connectivity index (χ4n) is 3.53. The number of hydrogen-bond acceptors (Lipinski definition) is 6. The van der Waals surface area contributed by atoms with Crippen LogP contribution < -0.4 is 22.0 Å². The van der Waals surface area contributed by atoms with Crippen LogP contribution in [0.5, 0.6) is 0 Å². The molecule has 0 unspecified atom stereocenters. The van der Waals surface area contributed by atoms with Gasteiger partial charge in [0, 0.05) is 11.9 Å². The van der Waals surface area contributed by atoms with Crippen LogP contribution in [0.15, 0.2) is 68.8 Å². The van der Waals surface area contributed by atoms with E-state index in [0.717, 1.165) is 19.3 Å². The number of carbonyl (C=O) groups excluding carboxylic acids is 2. The number of rotatable bonds is 7. The lowest BCUT2D eigenvalue weighted by Crippen LogP contribution is -2.44. The van der Waals surface area contributed by atoms with Crippen molar-refractivity contribution >= 4 is 22.6 Å². The minimum Gasteiger partial charge on any atom is -0.463 e. The summed E-state index contributed by atoms with van der Waals surface area (Å²) >= 11 is 0. The average molecular weight is 461 g/mol. The molecule has 0 saturated carbocycles. The second-order valence-corrected chi connectivity index (χ2v) is 7.63. The lowest BCUT2D eigenvalue weighted by Gasteiger charge is -2.12. The molecule has 3 N–H and O–H groups in total. The topological polar surface area (TPSA) is 139 Å². The van der Waals surface area contributed by atoms with Gasteiger partial charge in [0.1, 0.15) is 11.3 Å². The summed E-state index contributed by atoms with van der Waals surface area (Å²) in [6, 6.07) is 12.9. The summed E-state index contributed by atoms with van der Waals surface area (Å²) < 4.78 is 6.50. The lowest BCUT2D eigenvalue weighted by atomic mass is 10.1. The highest BCUT2D eigenvalue weighted by molar-refractivity contribution is 6.06. The summed E-state index contributed by atoms with van der Waals surface area (Å²) in [7, 11) is 0. The Morgan fingerprint density at radius 3 is 2.44 bits per heavy atom. The smallest absolute Gasteiger partial charge is 0.290 e. The molecule has 34 heavy (non-hydrogen) atoms. The van der Waals surface area contributed by atoms with E-state index >= 15 is 0 Å². The quantitative estimate of drug-likeness (QED) is 0.286. The maximum atomic E-state index is 12.9. The number of hydrazine groups is 1. The highest BCUT2D eigenvalue weighted by Gasteiger charge is 2.18. The van der Waals surface area contributed by atoms with Crippen LogP contribution in [0.1, 0.15) is 47.0 Å². The summed E-state index contributed by atoms with van der Waals surface area (Å²) in [5.74, 6) is -1.07. The van der Waals surface area contributed by atoms with Crippen LogP contribution >= 0.6 is 0 Å². The number of aromatic amines is 1. The van der Waals surface area contributed by atoms with E-state index in [-0.39, 0.29) is 16.8 Å². The molecule has 0 radical (unpaired) electrons. The number of hydrogen-bond donors (Lipinski definition) is 3. The monoisotopic (exact) mass is 461 g/mol. The summed E-state index contributed by atoms with van der Waals surface area (Å²) in [5, 5.41) is 4.97. The molecule has 0 aliphatic carbocycles. The minimum atomic E-state index is -0.804. The van der Waals surface area contributed by atoms with E-state index in [1.165, 1.54) is 23.1 Å². The molecule has 4 rings (SSSR count). The van der Waals surface area contributed by atoms with Gasteiger partial charge in [-0.25, -0.2) is 4.68 Å². The SMILES string of the molecule is CCCCCn1nc(C(=O)NNC(=O)c2ccc(-c3ccco3)[nH]c2=O)c2ccccc2c1=O. The molecule has 3 heterocycles. The number of amides is 2. The van der Waals surface area contributed by atoms with Gasteiger partial charge in [0.25, 0.3) is 22.9 Å². The van der Waals surface area contributed by atoms with E-state index < -0.39 is 17.4 Å². The van der Waals surface area contributed by atoms with Crippen LogP contribution in [0.3, 0.4) is 0 Å². The molecule has 10 nitrogen and oxygen atoms in total. The second kappa shape index (κ2) is 9.99. The molecular weight excluding hydrogens is 438 g/mol. The Morgan fingerprint density at radius 1 is 0.971 bits per heavy atom. The number of fused-ring (bicyclic) bond motifs is 1. The number of pyridine rings is 1. The number of furan rings is 1. The fraction of sp³-hybridized carbons (Fsp3) is 0.208. The van der Waals surface area contributed by atoms with Crippen molar-refractivity contribution in [1.82, 2.24) is 25.6 Å². The van der Waals surface area contributed by atoms with Gasteiger partial charge in [0.05, 0.1) is 17.3 Å². The Hall–Kier alpha value is -4.47. The van der Waals surface area contributed by atoms with Crippen molar-refractivity contribution in [3.05, 3.63) is 86.8 Å². The van der Waals surface area contributed by atoms with Crippen molar-refractivity contribution in [3.63, 3.8) is 0 Å². The van der Waals surface area contributed by atoms with Crippen LogP contribution in [0.25, 0.3) is 22.2 Å². The molecule has 0 bridgehead atoms. The van der Waals surface area contributed by atoms with Crippen LogP contribution in [0, 0.1) is 0 Å². The molecule has 1 aromatic carbocycles. The lowest BCUT2D eigenvalue weighted by molar-refractivity contribution is 0.0842. The van der Waals surface area contributed by atoms with E-state index in [0.29, 0.717) is 28.8 Å². The number of nitrogens with zero attached hydrogens (tertiary/aromatic N) is 2. The molecule has 4 aromatic rings. The van der Waals surface area contributed by atoms with Crippen molar-refractivity contribution in [2.24, 2.45) is 0 Å². The molecule has 10 heteroatoms. The highest BCUT2D eigenvalue weighted by Crippen LogP contribution is 2.16. The summed E-state index contributed by atoms with van der Waals surface area (Å²) in [6.07, 6.45) is 4.11. The number of carbonyl (C=O) groups is 2. The first-order valence-electron chi connectivity index (χ1n) is 10.9. The first-order valence-corrected chi connectivity index (χ1v) is 10.9. The van der Waals surface area contributed by atoms with Gasteiger partial charge in [-0.1, -0.05) is 38.0 Å². The molecular formula is C24H23N5O5. The fourth-order valence-corrected chi connectivity index (χ4v) is 3.53. The van der Waals surface area contributed by atoms with Crippen molar-refractivity contribution in [1.29, 1.82) is 0 Å². The van der Waals surface area contributed by atoms with Crippen molar-refractivity contribution in [3.8, 4) is 11.5 Å². The number of nitrogens with one attached hydrogen (secondary N) is 3. The molecule has 0 atom stereocenters. The van der Waals surface area contributed by atoms with Gasteiger partial charge in [-0.2, -0.15) is 5.10 Å². The van der Waals surface area contributed by atoms with Crippen LogP contribution in [0.4, 0.5) is 0 Å². The van der Waals surface area contributed by atoms with Gasteiger partial charge >= 0.3 is 0 Å². The largest absolute Gasteiger partial charge is 0.463 e. The Bertz CT molecular complexity index is 1450. The Morgan fingerprint density at radius 2 is 1.74 bits per heavy atom. The van der Waals surface area contributed by atoms with Crippen LogP contribution in [-0.4, -0.2) is 26.6 Å². The Balaban J connectivity index is 1.54. The zero-order chi connectivity index (χ0) is 24.1. The summed E-state index contributed by atoms with van der Waals surface area (Å²) in [6.45, 7) is 2.43. The van der Waals surface area contributed by atoms with Gasteiger partial charge in [0.2, 0.25) is 0 Å². The minimum absolute atomic E-state index is 0.00549. The van der Waals surface area contributed by atoms with Crippen molar-refractivity contribution in [2.75, 3.05) is 0 Å². The maximum Gasteiger partial charge on any atom is 0.290 e. The van der Waals surface area contributed by atoms with E-state index in [1.807, 2.05) is 6.92 Å². The predicted octanol–water partition coefficient (Wildman–Crippen LogP) is 2.61. The normalized spacial score (nSPS) is 10.9. The zero-order valence-electron chi connectivity index (χ0n) is 18.5. The third-order valence-corrected chi connectivity index (χ3v) is 5.29. The summed E-state index contributed by atoms with van der Waals surface area (Å²) in [5.41, 5.74) is 3.80. The van der Waals surface area contributed by atoms with E-state index in [9.17, 15) is 19.2 Å². The standard InChI is InChI=1S/C24H23N5O5/c1-2-3-6-13-29-24(33)16-9-5-4-8-15(16)20(28-29)23(32)27-26-22(31)17-11-12-18(25-21(17)30)19-10-7-14-34-19/h4-5,7-12,14H,2-3,6,13H2,1H3,(H,25,30)(H,26,31)(H,27,32). The van der Waals surface area contributed by atoms with Crippen LogP contribution in [-0.2, 0) is 6.54 Å².